The molecule has 2 heterocycles. The van der Waals surface area contributed by atoms with Crippen molar-refractivity contribution < 1.29 is 15.0 Å². The van der Waals surface area contributed by atoms with Crippen molar-refractivity contribution in [2.24, 2.45) is 0 Å². The van der Waals surface area contributed by atoms with Crippen molar-refractivity contribution in [1.29, 1.82) is 0 Å². The van der Waals surface area contributed by atoms with E-state index in [2.05, 4.69) is 4.98 Å². The van der Waals surface area contributed by atoms with Gasteiger partial charge in [0.1, 0.15) is 0 Å². The Kier molecular flexibility index (Phi) is 4.63. The standard InChI is InChI=1S/C17H23N3O3/c21-12-17(23)7-3-9-19(11-8-17)16(22)6-10-20-13-18-14-4-1-2-5-15(14)20/h1-2,4-5,13,21,23H,3,6-12H2. The summed E-state index contributed by atoms with van der Waals surface area (Å²) in [5.41, 5.74) is 0.934. The fourth-order valence-electron chi connectivity index (χ4n) is 3.15. The fraction of sp³-hybridized carbons (Fsp3) is 0.529. The Morgan fingerprint density at radius 2 is 2.09 bits per heavy atom. The maximum Gasteiger partial charge on any atom is 0.224 e. The van der Waals surface area contributed by atoms with Gasteiger partial charge in [-0.1, -0.05) is 12.1 Å². The van der Waals surface area contributed by atoms with Crippen molar-refractivity contribution >= 4 is 16.9 Å². The van der Waals surface area contributed by atoms with Crippen LogP contribution in [0.2, 0.25) is 0 Å². The monoisotopic (exact) mass is 317 g/mol. The van der Waals surface area contributed by atoms with Gasteiger partial charge in [-0.25, -0.2) is 4.98 Å². The molecule has 2 aromatic rings. The lowest BCUT2D eigenvalue weighted by molar-refractivity contribution is -0.131. The summed E-state index contributed by atoms with van der Waals surface area (Å²) in [7, 11) is 0. The van der Waals surface area contributed by atoms with Gasteiger partial charge in [-0.05, 0) is 31.4 Å². The molecule has 1 atom stereocenters. The molecule has 0 aliphatic carbocycles. The first-order valence-electron chi connectivity index (χ1n) is 8.12. The SMILES string of the molecule is O=C(CCn1cnc2ccccc21)N1CCCC(O)(CO)CC1. The number of aryl methyl sites for hydroxylation is 1. The number of amides is 1. The van der Waals surface area contributed by atoms with E-state index >= 15 is 0 Å². The summed E-state index contributed by atoms with van der Waals surface area (Å²) in [6.07, 6.45) is 3.88. The zero-order chi connectivity index (χ0) is 16.3. The summed E-state index contributed by atoms with van der Waals surface area (Å²) < 4.78 is 2.00. The number of likely N-dealkylation sites (tertiary alicyclic amines) is 1. The Hall–Kier alpha value is -1.92. The smallest absolute Gasteiger partial charge is 0.224 e. The number of aromatic nitrogens is 2. The average Bonchev–Trinajstić information content (AvgIpc) is 2.88. The van der Waals surface area contributed by atoms with Crippen molar-refractivity contribution in [2.45, 2.75) is 37.8 Å². The minimum absolute atomic E-state index is 0.0879. The third-order valence-electron chi connectivity index (χ3n) is 4.66. The Morgan fingerprint density at radius 1 is 1.26 bits per heavy atom. The van der Waals surface area contributed by atoms with E-state index in [0.29, 0.717) is 38.9 Å². The molecule has 0 spiro atoms. The van der Waals surface area contributed by atoms with E-state index < -0.39 is 5.60 Å². The molecule has 1 unspecified atom stereocenters. The largest absolute Gasteiger partial charge is 0.393 e. The van der Waals surface area contributed by atoms with Crippen LogP contribution in [-0.4, -0.2) is 55.9 Å². The molecule has 23 heavy (non-hydrogen) atoms. The minimum Gasteiger partial charge on any atom is -0.393 e. The molecule has 1 aliphatic rings. The number of hydrogen-bond donors (Lipinski definition) is 2. The van der Waals surface area contributed by atoms with Gasteiger partial charge >= 0.3 is 0 Å². The number of fused-ring (bicyclic) bond motifs is 1. The van der Waals surface area contributed by atoms with Crippen LogP contribution in [0.25, 0.3) is 11.0 Å². The highest BCUT2D eigenvalue weighted by Gasteiger charge is 2.30. The molecule has 1 aromatic carbocycles. The van der Waals surface area contributed by atoms with E-state index in [0.717, 1.165) is 17.5 Å². The number of imidazole rings is 1. The maximum absolute atomic E-state index is 12.4. The molecule has 6 nitrogen and oxygen atoms in total. The number of carbonyl (C=O) groups excluding carboxylic acids is 1. The summed E-state index contributed by atoms with van der Waals surface area (Å²) >= 11 is 0. The van der Waals surface area contributed by atoms with E-state index in [1.54, 1.807) is 11.2 Å². The quantitative estimate of drug-likeness (QED) is 0.887. The lowest BCUT2D eigenvalue weighted by Crippen LogP contribution is -2.36. The van der Waals surface area contributed by atoms with Crippen LogP contribution in [0.3, 0.4) is 0 Å². The van der Waals surface area contributed by atoms with Gasteiger partial charge in [0.15, 0.2) is 0 Å². The second kappa shape index (κ2) is 6.68. The molecular weight excluding hydrogens is 294 g/mol. The molecule has 1 aliphatic heterocycles. The number of rotatable bonds is 4. The molecule has 1 saturated heterocycles. The third-order valence-corrected chi connectivity index (χ3v) is 4.66. The van der Waals surface area contributed by atoms with Crippen molar-refractivity contribution in [3.05, 3.63) is 30.6 Å². The van der Waals surface area contributed by atoms with Crippen LogP contribution in [0.1, 0.15) is 25.7 Å². The van der Waals surface area contributed by atoms with Gasteiger partial charge < -0.3 is 19.7 Å². The molecule has 1 aromatic heterocycles. The van der Waals surface area contributed by atoms with Crippen molar-refractivity contribution in [2.75, 3.05) is 19.7 Å². The van der Waals surface area contributed by atoms with Crippen LogP contribution in [0.15, 0.2) is 30.6 Å². The third kappa shape index (κ3) is 3.54. The summed E-state index contributed by atoms with van der Waals surface area (Å²) in [6.45, 7) is 1.50. The van der Waals surface area contributed by atoms with E-state index in [-0.39, 0.29) is 12.5 Å². The Morgan fingerprint density at radius 3 is 2.91 bits per heavy atom. The molecule has 2 N–H and O–H groups in total. The number of aliphatic hydroxyl groups is 2. The molecule has 0 radical (unpaired) electrons. The summed E-state index contributed by atoms with van der Waals surface area (Å²) in [5.74, 6) is 0.0879. The van der Waals surface area contributed by atoms with Crippen LogP contribution in [0, 0.1) is 0 Å². The zero-order valence-electron chi connectivity index (χ0n) is 13.2. The van der Waals surface area contributed by atoms with Crippen molar-refractivity contribution in [3.63, 3.8) is 0 Å². The van der Waals surface area contributed by atoms with Gasteiger partial charge in [0.2, 0.25) is 5.91 Å². The van der Waals surface area contributed by atoms with E-state index in [1.807, 2.05) is 28.8 Å². The predicted octanol–water partition coefficient (Wildman–Crippen LogP) is 1.16. The van der Waals surface area contributed by atoms with Gasteiger partial charge in [0, 0.05) is 26.1 Å². The van der Waals surface area contributed by atoms with Crippen LogP contribution in [0.5, 0.6) is 0 Å². The minimum atomic E-state index is -1.03. The first-order valence-corrected chi connectivity index (χ1v) is 8.12. The topological polar surface area (TPSA) is 78.6 Å². The molecular formula is C17H23N3O3. The van der Waals surface area contributed by atoms with E-state index in [4.69, 9.17) is 0 Å². The van der Waals surface area contributed by atoms with Crippen LogP contribution in [0.4, 0.5) is 0 Å². The van der Waals surface area contributed by atoms with Crippen LogP contribution in [-0.2, 0) is 11.3 Å². The highest BCUT2D eigenvalue weighted by atomic mass is 16.3. The number of para-hydroxylation sites is 2. The second-order valence-corrected chi connectivity index (χ2v) is 6.29. The first kappa shape index (κ1) is 16.0. The highest BCUT2D eigenvalue weighted by Crippen LogP contribution is 2.22. The van der Waals surface area contributed by atoms with E-state index in [1.165, 1.54) is 0 Å². The molecule has 0 bridgehead atoms. The predicted molar refractivity (Wildman–Crippen MR) is 86.8 cm³/mol. The number of carbonyl (C=O) groups is 1. The summed E-state index contributed by atoms with van der Waals surface area (Å²) in [5, 5.41) is 19.4. The average molecular weight is 317 g/mol. The number of benzene rings is 1. The number of hydrogen-bond acceptors (Lipinski definition) is 4. The van der Waals surface area contributed by atoms with Crippen molar-refractivity contribution in [1.82, 2.24) is 14.5 Å². The van der Waals surface area contributed by atoms with Gasteiger partial charge in [0.25, 0.3) is 0 Å². The van der Waals surface area contributed by atoms with Gasteiger partial charge in [-0.3, -0.25) is 4.79 Å². The number of nitrogens with zero attached hydrogens (tertiary/aromatic N) is 3. The molecule has 0 saturated carbocycles. The lowest BCUT2D eigenvalue weighted by atomic mass is 9.96. The second-order valence-electron chi connectivity index (χ2n) is 6.29. The van der Waals surface area contributed by atoms with Crippen LogP contribution < -0.4 is 0 Å². The van der Waals surface area contributed by atoms with Crippen LogP contribution >= 0.6 is 0 Å². The lowest BCUT2D eigenvalue weighted by Gasteiger charge is -2.24. The Balaban J connectivity index is 1.59. The first-order chi connectivity index (χ1) is 11.1. The molecule has 1 fully saturated rings. The Bertz CT molecular complexity index is 685. The van der Waals surface area contributed by atoms with Gasteiger partial charge in [-0.15, -0.1) is 0 Å². The van der Waals surface area contributed by atoms with Gasteiger partial charge in [-0.2, -0.15) is 0 Å². The Labute approximate surface area is 135 Å². The van der Waals surface area contributed by atoms with Gasteiger partial charge in [0.05, 0.1) is 29.6 Å². The zero-order valence-corrected chi connectivity index (χ0v) is 13.2. The fourth-order valence-corrected chi connectivity index (χ4v) is 3.15. The molecule has 124 valence electrons. The number of aliphatic hydroxyl groups excluding tert-OH is 1. The normalized spacial score (nSPS) is 22.3. The molecule has 6 heteroatoms. The molecule has 3 rings (SSSR count). The molecule has 1 amide bonds. The summed E-state index contributed by atoms with van der Waals surface area (Å²) in [6, 6.07) is 7.87. The van der Waals surface area contributed by atoms with E-state index in [9.17, 15) is 15.0 Å². The summed E-state index contributed by atoms with van der Waals surface area (Å²) in [4.78, 5) is 18.6. The highest BCUT2D eigenvalue weighted by molar-refractivity contribution is 5.77. The maximum atomic E-state index is 12.4. The van der Waals surface area contributed by atoms with Crippen molar-refractivity contribution in [3.8, 4) is 0 Å².